The Labute approximate surface area is 128 Å². The van der Waals surface area contributed by atoms with E-state index in [-0.39, 0.29) is 0 Å². The van der Waals surface area contributed by atoms with E-state index in [1.54, 1.807) is 11.3 Å². The molecule has 3 rings (SSSR count). The van der Waals surface area contributed by atoms with Gasteiger partial charge < -0.3 is 10.3 Å². The van der Waals surface area contributed by atoms with Gasteiger partial charge >= 0.3 is 0 Å². The zero-order valence-corrected chi connectivity index (χ0v) is 13.5. The summed E-state index contributed by atoms with van der Waals surface area (Å²) in [6.07, 6.45) is 2.01. The summed E-state index contributed by atoms with van der Waals surface area (Å²) in [6, 6.07) is 6.69. The quantitative estimate of drug-likeness (QED) is 0.669. The SMILES string of the molecule is CC(C)Nc1nnc(-c2ccc3[nH]cc(I)c3c2)s1. The number of rotatable bonds is 3. The van der Waals surface area contributed by atoms with Crippen molar-refractivity contribution in [3.05, 3.63) is 28.0 Å². The van der Waals surface area contributed by atoms with Gasteiger partial charge in [-0.05, 0) is 54.6 Å². The van der Waals surface area contributed by atoms with Gasteiger partial charge in [0, 0.05) is 32.3 Å². The van der Waals surface area contributed by atoms with Crippen molar-refractivity contribution in [1.29, 1.82) is 0 Å². The van der Waals surface area contributed by atoms with Crippen molar-refractivity contribution in [3.63, 3.8) is 0 Å². The average Bonchev–Trinajstić information content (AvgIpc) is 2.96. The van der Waals surface area contributed by atoms with E-state index in [0.29, 0.717) is 6.04 Å². The van der Waals surface area contributed by atoms with E-state index in [2.05, 4.69) is 75.1 Å². The molecule has 0 fully saturated rings. The van der Waals surface area contributed by atoms with Crippen molar-refractivity contribution in [2.75, 3.05) is 5.32 Å². The maximum absolute atomic E-state index is 4.25. The summed E-state index contributed by atoms with van der Waals surface area (Å²) in [7, 11) is 0. The van der Waals surface area contributed by atoms with Crippen LogP contribution in [0.2, 0.25) is 0 Å². The number of nitrogens with one attached hydrogen (secondary N) is 2. The van der Waals surface area contributed by atoms with Gasteiger partial charge in [-0.2, -0.15) is 0 Å². The van der Waals surface area contributed by atoms with Crippen LogP contribution in [0.4, 0.5) is 5.13 Å². The first-order valence-electron chi connectivity index (χ1n) is 6.00. The first-order chi connectivity index (χ1) is 9.13. The fraction of sp³-hybridized carbons (Fsp3) is 0.231. The third-order valence-electron chi connectivity index (χ3n) is 2.72. The van der Waals surface area contributed by atoms with Gasteiger partial charge in [-0.15, -0.1) is 10.2 Å². The Bertz CT molecular complexity index is 716. The van der Waals surface area contributed by atoms with Crippen LogP contribution in [0, 0.1) is 3.57 Å². The first-order valence-corrected chi connectivity index (χ1v) is 7.90. The highest BCUT2D eigenvalue weighted by Crippen LogP contribution is 2.30. The van der Waals surface area contributed by atoms with Crippen molar-refractivity contribution >= 4 is 50.0 Å². The molecule has 0 saturated heterocycles. The predicted octanol–water partition coefficient (Wildman–Crippen LogP) is 4.11. The van der Waals surface area contributed by atoms with Crippen LogP contribution in [0.15, 0.2) is 24.4 Å². The summed E-state index contributed by atoms with van der Waals surface area (Å²) in [5, 5.41) is 14.7. The second kappa shape index (κ2) is 5.09. The number of aromatic amines is 1. The molecule has 0 atom stereocenters. The van der Waals surface area contributed by atoms with Crippen LogP contribution in [0.3, 0.4) is 0 Å². The predicted molar refractivity (Wildman–Crippen MR) is 88.7 cm³/mol. The zero-order chi connectivity index (χ0) is 13.4. The minimum Gasteiger partial charge on any atom is -0.360 e. The van der Waals surface area contributed by atoms with E-state index in [0.717, 1.165) is 21.2 Å². The molecule has 2 aromatic heterocycles. The van der Waals surface area contributed by atoms with Crippen molar-refractivity contribution in [1.82, 2.24) is 15.2 Å². The van der Waals surface area contributed by atoms with Crippen LogP contribution >= 0.6 is 33.9 Å². The van der Waals surface area contributed by atoms with Gasteiger partial charge in [0.15, 0.2) is 0 Å². The number of halogens is 1. The molecule has 0 amide bonds. The first kappa shape index (κ1) is 12.9. The minimum atomic E-state index is 0.369. The molecule has 0 aliphatic carbocycles. The molecule has 0 bridgehead atoms. The van der Waals surface area contributed by atoms with E-state index in [1.807, 2.05) is 6.20 Å². The second-order valence-electron chi connectivity index (χ2n) is 4.61. The summed E-state index contributed by atoms with van der Waals surface area (Å²) < 4.78 is 1.22. The molecule has 6 heteroatoms. The van der Waals surface area contributed by atoms with Crippen LogP contribution < -0.4 is 5.32 Å². The van der Waals surface area contributed by atoms with Crippen LogP contribution in [0.25, 0.3) is 21.5 Å². The van der Waals surface area contributed by atoms with E-state index in [9.17, 15) is 0 Å². The van der Waals surface area contributed by atoms with Crippen LogP contribution in [0.1, 0.15) is 13.8 Å². The van der Waals surface area contributed by atoms with Gasteiger partial charge in [-0.25, -0.2) is 0 Å². The fourth-order valence-electron chi connectivity index (χ4n) is 1.86. The Morgan fingerprint density at radius 2 is 2.16 bits per heavy atom. The van der Waals surface area contributed by atoms with Crippen molar-refractivity contribution < 1.29 is 0 Å². The van der Waals surface area contributed by atoms with E-state index in [1.165, 1.54) is 8.96 Å². The monoisotopic (exact) mass is 384 g/mol. The maximum Gasteiger partial charge on any atom is 0.206 e. The van der Waals surface area contributed by atoms with Crippen LogP contribution in [-0.4, -0.2) is 21.2 Å². The van der Waals surface area contributed by atoms with E-state index >= 15 is 0 Å². The number of hydrogen-bond acceptors (Lipinski definition) is 4. The Balaban J connectivity index is 1.99. The molecular weight excluding hydrogens is 371 g/mol. The van der Waals surface area contributed by atoms with Crippen LogP contribution in [0.5, 0.6) is 0 Å². The highest BCUT2D eigenvalue weighted by atomic mass is 127. The normalized spacial score (nSPS) is 11.4. The third-order valence-corrected chi connectivity index (χ3v) is 4.51. The molecule has 4 nitrogen and oxygen atoms in total. The topological polar surface area (TPSA) is 53.6 Å². The summed E-state index contributed by atoms with van der Waals surface area (Å²) in [5.74, 6) is 0. The molecule has 2 N–H and O–H groups in total. The number of nitrogens with zero attached hydrogens (tertiary/aromatic N) is 2. The second-order valence-corrected chi connectivity index (χ2v) is 6.75. The summed E-state index contributed by atoms with van der Waals surface area (Å²) in [5.41, 5.74) is 2.26. The molecule has 0 radical (unpaired) electrons. The molecule has 0 aliphatic rings. The lowest BCUT2D eigenvalue weighted by molar-refractivity contribution is 0.888. The molecule has 19 heavy (non-hydrogen) atoms. The third kappa shape index (κ3) is 2.59. The molecule has 0 aliphatic heterocycles. The van der Waals surface area contributed by atoms with Crippen molar-refractivity contribution in [3.8, 4) is 10.6 Å². The molecule has 1 aromatic carbocycles. The van der Waals surface area contributed by atoms with Gasteiger partial charge in [-0.3, -0.25) is 0 Å². The van der Waals surface area contributed by atoms with Crippen LogP contribution in [-0.2, 0) is 0 Å². The maximum atomic E-state index is 4.25. The number of aromatic nitrogens is 3. The number of benzene rings is 1. The van der Waals surface area contributed by atoms with Gasteiger partial charge in [0.05, 0.1) is 0 Å². The molecule has 98 valence electrons. The molecule has 0 unspecified atom stereocenters. The Morgan fingerprint density at radius 3 is 2.95 bits per heavy atom. The Hall–Kier alpha value is -1.15. The standard InChI is InChI=1S/C13H13IN4S/c1-7(2)16-13-18-17-12(19-13)8-3-4-11-9(5-8)10(14)6-15-11/h3-7,15H,1-2H3,(H,16,18). The lowest BCUT2D eigenvalue weighted by atomic mass is 10.2. The number of anilines is 1. The molecule has 0 saturated carbocycles. The largest absolute Gasteiger partial charge is 0.360 e. The van der Waals surface area contributed by atoms with Gasteiger partial charge in [0.2, 0.25) is 5.13 Å². The zero-order valence-electron chi connectivity index (χ0n) is 10.6. The molecular formula is C13H13IN4S. The molecule has 2 heterocycles. The number of H-pyrrole nitrogens is 1. The summed E-state index contributed by atoms with van der Waals surface area (Å²) in [4.78, 5) is 3.25. The van der Waals surface area contributed by atoms with Gasteiger partial charge in [0.25, 0.3) is 0 Å². The lowest BCUT2D eigenvalue weighted by Crippen LogP contribution is -2.08. The smallest absolute Gasteiger partial charge is 0.206 e. The number of fused-ring (bicyclic) bond motifs is 1. The highest BCUT2D eigenvalue weighted by molar-refractivity contribution is 14.1. The van der Waals surface area contributed by atoms with E-state index in [4.69, 9.17) is 0 Å². The van der Waals surface area contributed by atoms with Crippen molar-refractivity contribution in [2.45, 2.75) is 19.9 Å². The van der Waals surface area contributed by atoms with E-state index < -0.39 is 0 Å². The van der Waals surface area contributed by atoms with Crippen molar-refractivity contribution in [2.24, 2.45) is 0 Å². The van der Waals surface area contributed by atoms with Gasteiger partial charge in [0.1, 0.15) is 5.01 Å². The molecule has 0 spiro atoms. The lowest BCUT2D eigenvalue weighted by Gasteiger charge is -2.03. The minimum absolute atomic E-state index is 0.369. The fourth-order valence-corrected chi connectivity index (χ4v) is 3.35. The Kier molecular flexibility index (Phi) is 3.44. The summed E-state index contributed by atoms with van der Waals surface area (Å²) in [6.45, 7) is 4.19. The number of hydrogen-bond donors (Lipinski definition) is 2. The molecule has 3 aromatic rings. The van der Waals surface area contributed by atoms with Gasteiger partial charge in [-0.1, -0.05) is 11.3 Å². The Morgan fingerprint density at radius 1 is 1.32 bits per heavy atom. The highest BCUT2D eigenvalue weighted by Gasteiger charge is 2.09. The average molecular weight is 384 g/mol. The summed E-state index contributed by atoms with van der Waals surface area (Å²) >= 11 is 3.92.